The molecule has 1 aliphatic rings. The largest absolute Gasteiger partial charge is 0.311 e. The van der Waals surface area contributed by atoms with Crippen LogP contribution in [0.15, 0.2) is 24.3 Å². The van der Waals surface area contributed by atoms with E-state index in [-0.39, 0.29) is 0 Å². The highest BCUT2D eigenvalue weighted by Gasteiger charge is 2.17. The Labute approximate surface area is 109 Å². The van der Waals surface area contributed by atoms with Crippen LogP contribution in [0.2, 0.25) is 0 Å². The number of hydrogen-bond donors (Lipinski definition) is 1. The molecule has 3 heteroatoms. The van der Waals surface area contributed by atoms with Gasteiger partial charge in [0.2, 0.25) is 0 Å². The van der Waals surface area contributed by atoms with E-state index in [9.17, 15) is 0 Å². The highest BCUT2D eigenvalue weighted by molar-refractivity contribution is 5.37. The van der Waals surface area contributed by atoms with Crippen molar-refractivity contribution in [3.63, 3.8) is 0 Å². The Morgan fingerprint density at radius 2 is 2.22 bits per heavy atom. The molecule has 18 heavy (non-hydrogen) atoms. The third-order valence-electron chi connectivity index (χ3n) is 3.75. The zero-order valence-electron chi connectivity index (χ0n) is 11.0. The Bertz CT molecular complexity index is 422. The zero-order valence-corrected chi connectivity index (χ0v) is 11.0. The van der Waals surface area contributed by atoms with Crippen molar-refractivity contribution in [2.75, 3.05) is 20.1 Å². The average Bonchev–Trinajstić information content (AvgIpc) is 2.41. The second-order valence-corrected chi connectivity index (χ2v) is 5.03. The molecule has 96 valence electrons. The summed E-state index contributed by atoms with van der Waals surface area (Å²) >= 11 is 0. The van der Waals surface area contributed by atoms with Crippen LogP contribution in [0, 0.1) is 11.3 Å². The molecular weight excluding hydrogens is 222 g/mol. The van der Waals surface area contributed by atoms with Gasteiger partial charge in [-0.05, 0) is 38.1 Å². The number of likely N-dealkylation sites (tertiary alicyclic amines) is 1. The Morgan fingerprint density at radius 3 is 3.00 bits per heavy atom. The molecule has 1 aliphatic heterocycles. The van der Waals surface area contributed by atoms with Crippen LogP contribution in [-0.4, -0.2) is 31.1 Å². The lowest BCUT2D eigenvalue weighted by molar-refractivity contribution is 0.181. The summed E-state index contributed by atoms with van der Waals surface area (Å²) in [5.74, 6) is 0. The van der Waals surface area contributed by atoms with Crippen molar-refractivity contribution in [2.45, 2.75) is 31.8 Å². The van der Waals surface area contributed by atoms with Gasteiger partial charge in [0.15, 0.2) is 0 Å². The third-order valence-corrected chi connectivity index (χ3v) is 3.75. The van der Waals surface area contributed by atoms with E-state index in [1.807, 2.05) is 24.3 Å². The highest BCUT2D eigenvalue weighted by atomic mass is 15.2. The fourth-order valence-corrected chi connectivity index (χ4v) is 2.56. The fourth-order valence-electron chi connectivity index (χ4n) is 2.56. The number of benzene rings is 1. The summed E-state index contributed by atoms with van der Waals surface area (Å²) in [7, 11) is 2.20. The van der Waals surface area contributed by atoms with E-state index in [4.69, 9.17) is 5.26 Å². The van der Waals surface area contributed by atoms with Crippen molar-refractivity contribution in [3.8, 4) is 6.07 Å². The summed E-state index contributed by atoms with van der Waals surface area (Å²) in [6.45, 7) is 3.01. The molecule has 0 aliphatic carbocycles. The first-order valence-electron chi connectivity index (χ1n) is 6.70. The summed E-state index contributed by atoms with van der Waals surface area (Å²) < 4.78 is 0. The quantitative estimate of drug-likeness (QED) is 0.880. The Balaban J connectivity index is 1.83. The molecule has 1 aromatic carbocycles. The van der Waals surface area contributed by atoms with Gasteiger partial charge in [0.1, 0.15) is 0 Å². The van der Waals surface area contributed by atoms with Gasteiger partial charge >= 0.3 is 0 Å². The molecule has 0 aromatic heterocycles. The van der Waals surface area contributed by atoms with Crippen molar-refractivity contribution in [1.29, 1.82) is 5.26 Å². The van der Waals surface area contributed by atoms with E-state index >= 15 is 0 Å². The molecule has 1 aromatic rings. The maximum atomic E-state index is 9.02. The maximum absolute atomic E-state index is 9.02. The predicted molar refractivity (Wildman–Crippen MR) is 73.1 cm³/mol. The van der Waals surface area contributed by atoms with Crippen molar-refractivity contribution in [1.82, 2.24) is 10.2 Å². The van der Waals surface area contributed by atoms with Gasteiger partial charge < -0.3 is 10.2 Å². The molecule has 1 N–H and O–H groups in total. The van der Waals surface area contributed by atoms with E-state index < -0.39 is 0 Å². The molecule has 1 saturated heterocycles. The first kappa shape index (κ1) is 13.1. The minimum Gasteiger partial charge on any atom is -0.311 e. The molecule has 3 nitrogen and oxygen atoms in total. The molecule has 0 radical (unpaired) electrons. The van der Waals surface area contributed by atoms with Gasteiger partial charge in [-0.1, -0.05) is 24.6 Å². The van der Waals surface area contributed by atoms with Crippen molar-refractivity contribution in [2.24, 2.45) is 0 Å². The van der Waals surface area contributed by atoms with Crippen molar-refractivity contribution in [3.05, 3.63) is 35.4 Å². The molecule has 0 saturated carbocycles. The van der Waals surface area contributed by atoms with E-state index in [0.717, 1.165) is 24.2 Å². The van der Waals surface area contributed by atoms with Crippen LogP contribution >= 0.6 is 0 Å². The minimum atomic E-state index is 0.646. The van der Waals surface area contributed by atoms with Crippen LogP contribution in [-0.2, 0) is 6.54 Å². The van der Waals surface area contributed by atoms with E-state index in [0.29, 0.717) is 6.04 Å². The lowest BCUT2D eigenvalue weighted by Gasteiger charge is -2.32. The van der Waals surface area contributed by atoms with E-state index in [1.165, 1.54) is 25.8 Å². The molecule has 1 heterocycles. The lowest BCUT2D eigenvalue weighted by Crippen LogP contribution is -2.42. The molecule has 0 spiro atoms. The SMILES string of the molecule is CN1CCCCC1CNCc1ccccc1C#N. The summed E-state index contributed by atoms with van der Waals surface area (Å²) in [4.78, 5) is 2.44. The van der Waals surface area contributed by atoms with Gasteiger partial charge in [-0.15, -0.1) is 0 Å². The van der Waals surface area contributed by atoms with Crippen LogP contribution in [0.3, 0.4) is 0 Å². The molecule has 1 unspecified atom stereocenters. The Hall–Kier alpha value is -1.37. The Kier molecular flexibility index (Phi) is 4.74. The molecule has 2 rings (SSSR count). The molecular formula is C15H21N3. The Morgan fingerprint density at radius 1 is 1.39 bits per heavy atom. The van der Waals surface area contributed by atoms with E-state index in [2.05, 4.69) is 23.3 Å². The molecule has 0 amide bonds. The molecule has 0 bridgehead atoms. The van der Waals surface area contributed by atoms with E-state index in [1.54, 1.807) is 0 Å². The number of piperidine rings is 1. The second kappa shape index (κ2) is 6.53. The molecule has 1 atom stereocenters. The predicted octanol–water partition coefficient (Wildman–Crippen LogP) is 2.13. The maximum Gasteiger partial charge on any atom is 0.0995 e. The van der Waals surface area contributed by atoms with Gasteiger partial charge in [-0.2, -0.15) is 5.26 Å². The highest BCUT2D eigenvalue weighted by Crippen LogP contribution is 2.14. The van der Waals surface area contributed by atoms with Crippen molar-refractivity contribution >= 4 is 0 Å². The van der Waals surface area contributed by atoms with Crippen LogP contribution < -0.4 is 5.32 Å². The summed E-state index contributed by atoms with van der Waals surface area (Å²) in [5, 5.41) is 12.5. The summed E-state index contributed by atoms with van der Waals surface area (Å²) in [6.07, 6.45) is 3.94. The smallest absolute Gasteiger partial charge is 0.0995 e. The summed E-state index contributed by atoms with van der Waals surface area (Å²) in [6, 6.07) is 10.7. The average molecular weight is 243 g/mol. The number of likely N-dealkylation sites (N-methyl/N-ethyl adjacent to an activating group) is 1. The topological polar surface area (TPSA) is 39.1 Å². The minimum absolute atomic E-state index is 0.646. The van der Waals surface area contributed by atoms with Gasteiger partial charge in [0.05, 0.1) is 11.6 Å². The van der Waals surface area contributed by atoms with Gasteiger partial charge in [-0.3, -0.25) is 0 Å². The standard InChI is InChI=1S/C15H21N3/c1-18-9-5-4-8-15(18)12-17-11-14-7-3-2-6-13(14)10-16/h2-3,6-7,15,17H,4-5,8-9,11-12H2,1H3. The molecule has 1 fully saturated rings. The van der Waals surface area contributed by atoms with Crippen LogP contribution in [0.5, 0.6) is 0 Å². The first-order chi connectivity index (χ1) is 8.81. The number of hydrogen-bond acceptors (Lipinski definition) is 3. The zero-order chi connectivity index (χ0) is 12.8. The third kappa shape index (κ3) is 3.32. The number of rotatable bonds is 4. The number of nitrogens with one attached hydrogen (secondary N) is 1. The lowest BCUT2D eigenvalue weighted by atomic mass is 10.0. The van der Waals surface area contributed by atoms with Crippen LogP contribution in [0.25, 0.3) is 0 Å². The fraction of sp³-hybridized carbons (Fsp3) is 0.533. The van der Waals surface area contributed by atoms with Crippen LogP contribution in [0.1, 0.15) is 30.4 Å². The van der Waals surface area contributed by atoms with Gasteiger partial charge in [-0.25, -0.2) is 0 Å². The first-order valence-corrected chi connectivity index (χ1v) is 6.70. The van der Waals surface area contributed by atoms with Gasteiger partial charge in [0.25, 0.3) is 0 Å². The monoisotopic (exact) mass is 243 g/mol. The summed E-state index contributed by atoms with van der Waals surface area (Å²) in [5.41, 5.74) is 1.88. The number of nitriles is 1. The normalized spacial score (nSPS) is 20.6. The van der Waals surface area contributed by atoms with Gasteiger partial charge in [0, 0.05) is 19.1 Å². The van der Waals surface area contributed by atoms with Crippen LogP contribution in [0.4, 0.5) is 0 Å². The number of nitrogens with zero attached hydrogens (tertiary/aromatic N) is 2. The second-order valence-electron chi connectivity index (χ2n) is 5.03. The van der Waals surface area contributed by atoms with Crippen molar-refractivity contribution < 1.29 is 0 Å².